The predicted molar refractivity (Wildman–Crippen MR) is 101 cm³/mol. The molecule has 1 aromatic carbocycles. The number of ether oxygens (including phenoxy) is 4. The van der Waals surface area contributed by atoms with Gasteiger partial charge in [0.2, 0.25) is 6.79 Å². The maximum atomic E-state index is 12.5. The summed E-state index contributed by atoms with van der Waals surface area (Å²) in [6.07, 6.45) is 1.52. The molecule has 1 fully saturated rings. The van der Waals surface area contributed by atoms with E-state index in [2.05, 4.69) is 4.90 Å². The van der Waals surface area contributed by atoms with Gasteiger partial charge in [0, 0.05) is 38.8 Å². The van der Waals surface area contributed by atoms with E-state index in [1.807, 2.05) is 32.0 Å². The van der Waals surface area contributed by atoms with Crippen molar-refractivity contribution in [2.75, 3.05) is 52.8 Å². The third kappa shape index (κ3) is 5.49. The largest absolute Gasteiger partial charge is 0.454 e. The normalized spacial score (nSPS) is 18.0. The molecule has 0 N–H and O–H groups in total. The fourth-order valence-corrected chi connectivity index (χ4v) is 3.51. The second-order valence-corrected chi connectivity index (χ2v) is 6.95. The summed E-state index contributed by atoms with van der Waals surface area (Å²) in [4.78, 5) is 16.6. The van der Waals surface area contributed by atoms with Gasteiger partial charge in [-0.15, -0.1) is 0 Å². The van der Waals surface area contributed by atoms with Gasteiger partial charge in [-0.05, 0) is 44.4 Å². The molecule has 3 rings (SSSR count). The molecule has 1 saturated heterocycles. The third-order valence-corrected chi connectivity index (χ3v) is 5.02. The molecule has 1 atom stereocenters. The van der Waals surface area contributed by atoms with Gasteiger partial charge in [0.1, 0.15) is 6.61 Å². The van der Waals surface area contributed by atoms with Crippen LogP contribution in [0.4, 0.5) is 4.79 Å². The molecule has 1 aromatic rings. The Morgan fingerprint density at radius 2 is 2.11 bits per heavy atom. The van der Waals surface area contributed by atoms with Gasteiger partial charge in [0.25, 0.3) is 0 Å². The van der Waals surface area contributed by atoms with Crippen LogP contribution in [0.15, 0.2) is 18.2 Å². The Hall–Kier alpha value is -1.99. The maximum Gasteiger partial charge on any atom is 0.410 e. The van der Waals surface area contributed by atoms with Crippen molar-refractivity contribution in [2.24, 2.45) is 0 Å². The minimum absolute atomic E-state index is 0.0365. The first-order valence-electron chi connectivity index (χ1n) is 9.79. The molecule has 0 spiro atoms. The van der Waals surface area contributed by atoms with Crippen molar-refractivity contribution in [2.45, 2.75) is 32.7 Å². The molecule has 150 valence electrons. The van der Waals surface area contributed by atoms with Crippen LogP contribution in [0.2, 0.25) is 0 Å². The van der Waals surface area contributed by atoms with E-state index < -0.39 is 0 Å². The highest BCUT2D eigenvalue weighted by Crippen LogP contribution is 2.33. The van der Waals surface area contributed by atoms with Crippen molar-refractivity contribution in [3.8, 4) is 11.5 Å². The highest BCUT2D eigenvalue weighted by atomic mass is 16.7. The number of carbonyl (C=O) groups excluding carboxylic acids is 1. The zero-order valence-electron chi connectivity index (χ0n) is 16.3. The van der Waals surface area contributed by atoms with Crippen LogP contribution in [0.25, 0.3) is 0 Å². The van der Waals surface area contributed by atoms with Crippen LogP contribution in [0, 0.1) is 0 Å². The van der Waals surface area contributed by atoms with Gasteiger partial charge in [-0.25, -0.2) is 4.79 Å². The van der Waals surface area contributed by atoms with E-state index >= 15 is 0 Å². The molecule has 2 heterocycles. The lowest BCUT2D eigenvalue weighted by Gasteiger charge is -2.28. The van der Waals surface area contributed by atoms with Gasteiger partial charge < -0.3 is 23.8 Å². The topological polar surface area (TPSA) is 60.5 Å². The molecule has 0 unspecified atom stereocenters. The van der Waals surface area contributed by atoms with E-state index in [9.17, 15) is 4.79 Å². The number of benzene rings is 1. The predicted octanol–water partition coefficient (Wildman–Crippen LogP) is 2.53. The van der Waals surface area contributed by atoms with Gasteiger partial charge >= 0.3 is 6.09 Å². The number of hydrogen-bond donors (Lipinski definition) is 0. The first-order valence-corrected chi connectivity index (χ1v) is 9.79. The summed E-state index contributed by atoms with van der Waals surface area (Å²) in [5, 5.41) is 0. The van der Waals surface area contributed by atoms with Crippen LogP contribution in [0.5, 0.6) is 11.5 Å². The van der Waals surface area contributed by atoms with Crippen molar-refractivity contribution in [3.05, 3.63) is 23.8 Å². The first kappa shape index (κ1) is 19.8. The lowest BCUT2D eigenvalue weighted by molar-refractivity contribution is 0.0794. The first-order chi connectivity index (χ1) is 13.2. The van der Waals surface area contributed by atoms with Crippen molar-refractivity contribution in [1.29, 1.82) is 0 Å². The van der Waals surface area contributed by atoms with Gasteiger partial charge in [-0.1, -0.05) is 6.07 Å². The van der Waals surface area contributed by atoms with Gasteiger partial charge in [0.05, 0.1) is 6.61 Å². The van der Waals surface area contributed by atoms with E-state index in [4.69, 9.17) is 18.9 Å². The molecule has 0 aromatic heterocycles. The summed E-state index contributed by atoms with van der Waals surface area (Å²) in [5.41, 5.74) is 1.11. The molecule has 0 saturated carbocycles. The molecule has 0 aliphatic carbocycles. The Balaban J connectivity index is 1.46. The zero-order chi connectivity index (χ0) is 19.1. The van der Waals surface area contributed by atoms with Crippen LogP contribution in [-0.2, 0) is 15.9 Å². The second kappa shape index (κ2) is 9.80. The Labute approximate surface area is 161 Å². The fourth-order valence-electron chi connectivity index (χ4n) is 3.51. The summed E-state index contributed by atoms with van der Waals surface area (Å²) in [6.45, 7) is 9.53. The summed E-state index contributed by atoms with van der Waals surface area (Å²) in [5.74, 6) is 1.55. The average Bonchev–Trinajstić information content (AvgIpc) is 2.96. The molecule has 0 radical (unpaired) electrons. The van der Waals surface area contributed by atoms with E-state index in [0.29, 0.717) is 13.2 Å². The van der Waals surface area contributed by atoms with Crippen molar-refractivity contribution < 1.29 is 23.7 Å². The minimum Gasteiger partial charge on any atom is -0.454 e. The standard InChI is InChI=1S/C20H30N2O5/c1-3-22(20(23)25-12-9-21-7-4-10-24-11-8-21)16(2)13-17-5-6-18-19(14-17)27-15-26-18/h5-6,14,16H,3-4,7-13,15H2,1-2H3/t16-/m0/s1. The van der Waals surface area contributed by atoms with Crippen LogP contribution in [0.3, 0.4) is 0 Å². The molecule has 2 aliphatic rings. The molecular formula is C20H30N2O5. The number of hydrogen-bond acceptors (Lipinski definition) is 6. The molecule has 2 aliphatic heterocycles. The van der Waals surface area contributed by atoms with Crippen molar-refractivity contribution in [1.82, 2.24) is 9.80 Å². The van der Waals surface area contributed by atoms with Crippen LogP contribution < -0.4 is 9.47 Å². The fraction of sp³-hybridized carbons (Fsp3) is 0.650. The summed E-state index contributed by atoms with van der Waals surface area (Å²) in [6, 6.07) is 5.96. The van der Waals surface area contributed by atoms with Crippen LogP contribution in [0.1, 0.15) is 25.8 Å². The third-order valence-electron chi connectivity index (χ3n) is 5.02. The summed E-state index contributed by atoms with van der Waals surface area (Å²) >= 11 is 0. The highest BCUT2D eigenvalue weighted by molar-refractivity contribution is 5.68. The van der Waals surface area contributed by atoms with Gasteiger partial charge in [-0.3, -0.25) is 4.90 Å². The lowest BCUT2D eigenvalue weighted by Crippen LogP contribution is -2.41. The Morgan fingerprint density at radius 1 is 1.26 bits per heavy atom. The molecule has 7 heteroatoms. The van der Waals surface area contributed by atoms with E-state index in [-0.39, 0.29) is 18.9 Å². The number of fused-ring (bicyclic) bond motifs is 1. The van der Waals surface area contributed by atoms with Crippen LogP contribution in [-0.4, -0.2) is 74.7 Å². The smallest absolute Gasteiger partial charge is 0.410 e. The Bertz CT molecular complexity index is 616. The molecule has 1 amide bonds. The lowest BCUT2D eigenvalue weighted by atomic mass is 10.1. The zero-order valence-corrected chi connectivity index (χ0v) is 16.3. The van der Waals surface area contributed by atoms with E-state index in [1.165, 1.54) is 0 Å². The number of likely N-dealkylation sites (N-methyl/N-ethyl adjacent to an activating group) is 1. The molecular weight excluding hydrogens is 348 g/mol. The maximum absolute atomic E-state index is 12.5. The number of carbonyl (C=O) groups is 1. The number of nitrogens with zero attached hydrogens (tertiary/aromatic N) is 2. The SMILES string of the molecule is CCN(C(=O)OCCN1CCCOCC1)[C@@H](C)Cc1ccc2c(c1)OCO2. The van der Waals surface area contributed by atoms with E-state index in [0.717, 1.165) is 62.8 Å². The molecule has 0 bridgehead atoms. The van der Waals surface area contributed by atoms with Crippen molar-refractivity contribution >= 4 is 6.09 Å². The molecule has 27 heavy (non-hydrogen) atoms. The summed E-state index contributed by atoms with van der Waals surface area (Å²) < 4.78 is 21.8. The highest BCUT2D eigenvalue weighted by Gasteiger charge is 2.22. The number of rotatable bonds is 7. The minimum atomic E-state index is -0.253. The summed E-state index contributed by atoms with van der Waals surface area (Å²) in [7, 11) is 0. The monoisotopic (exact) mass is 378 g/mol. The Morgan fingerprint density at radius 3 is 2.96 bits per heavy atom. The van der Waals surface area contributed by atoms with E-state index in [1.54, 1.807) is 4.90 Å². The quantitative estimate of drug-likeness (QED) is 0.727. The molecule has 7 nitrogen and oxygen atoms in total. The van der Waals surface area contributed by atoms with Gasteiger partial charge in [-0.2, -0.15) is 0 Å². The number of amides is 1. The van der Waals surface area contributed by atoms with Crippen molar-refractivity contribution in [3.63, 3.8) is 0 Å². The average molecular weight is 378 g/mol. The second-order valence-electron chi connectivity index (χ2n) is 6.95. The van der Waals surface area contributed by atoms with Crippen LogP contribution >= 0.6 is 0 Å². The van der Waals surface area contributed by atoms with Gasteiger partial charge in [0.15, 0.2) is 11.5 Å². The Kier molecular flexibility index (Phi) is 7.18.